The largest absolute Gasteiger partial charge is 0.493 e. The minimum atomic E-state index is -4.25. The molecule has 0 aromatic heterocycles. The van der Waals surface area contributed by atoms with Gasteiger partial charge in [-0.25, -0.2) is 12.8 Å². The minimum Gasteiger partial charge on any atom is -0.493 e. The van der Waals surface area contributed by atoms with Gasteiger partial charge in [-0.1, -0.05) is 41.9 Å². The lowest BCUT2D eigenvalue weighted by Gasteiger charge is -2.24. The number of halogens is 2. The highest BCUT2D eigenvalue weighted by molar-refractivity contribution is 7.98. The number of thioether (sulfide) groups is 1. The van der Waals surface area contributed by atoms with Gasteiger partial charge in [0.2, 0.25) is 5.91 Å². The number of nitrogens with one attached hydrogen (secondary N) is 1. The molecule has 0 bridgehead atoms. The van der Waals surface area contributed by atoms with E-state index < -0.39 is 28.3 Å². The lowest BCUT2D eigenvalue weighted by Crippen LogP contribution is -2.41. The molecule has 0 radical (unpaired) electrons. The lowest BCUT2D eigenvalue weighted by molar-refractivity contribution is -0.119. The molecule has 7 nitrogen and oxygen atoms in total. The van der Waals surface area contributed by atoms with Gasteiger partial charge in [-0.05, 0) is 48.1 Å². The first-order valence-electron chi connectivity index (χ1n) is 11.3. The van der Waals surface area contributed by atoms with Crippen LogP contribution in [-0.2, 0) is 20.6 Å². The zero-order valence-corrected chi connectivity index (χ0v) is 22.8. The molecule has 0 fully saturated rings. The Balaban J connectivity index is 1.71. The number of nitrogens with zero attached hydrogens (tertiary/aromatic N) is 1. The van der Waals surface area contributed by atoms with E-state index in [1.165, 1.54) is 50.1 Å². The number of hydrogen-bond donors (Lipinski definition) is 1. The van der Waals surface area contributed by atoms with Gasteiger partial charge in [0, 0.05) is 18.4 Å². The summed E-state index contributed by atoms with van der Waals surface area (Å²) in [5.74, 6) is 1.05. The maximum atomic E-state index is 13.8. The molecule has 198 valence electrons. The summed E-state index contributed by atoms with van der Waals surface area (Å²) in [6, 6.07) is 17.6. The Morgan fingerprint density at radius 1 is 1.03 bits per heavy atom. The van der Waals surface area contributed by atoms with E-state index in [0.29, 0.717) is 18.7 Å². The first-order valence-corrected chi connectivity index (χ1v) is 14.3. The highest BCUT2D eigenvalue weighted by Gasteiger charge is 2.29. The van der Waals surface area contributed by atoms with Gasteiger partial charge in [0.25, 0.3) is 10.0 Å². The SMILES string of the molecule is COc1ccc(S(=O)(=O)N(CC(=O)NCCCSCc2ccccc2)c2ccc(F)c(Cl)c2)cc1OC. The topological polar surface area (TPSA) is 84.9 Å². The van der Waals surface area contributed by atoms with Crippen LogP contribution < -0.4 is 19.1 Å². The number of carbonyl (C=O) groups excluding carboxylic acids is 1. The van der Waals surface area contributed by atoms with E-state index in [2.05, 4.69) is 17.4 Å². The van der Waals surface area contributed by atoms with E-state index in [1.54, 1.807) is 11.8 Å². The van der Waals surface area contributed by atoms with Gasteiger partial charge in [0.1, 0.15) is 12.4 Å². The molecule has 1 N–H and O–H groups in total. The van der Waals surface area contributed by atoms with Crippen LogP contribution in [-0.4, -0.2) is 47.4 Å². The molecule has 0 atom stereocenters. The molecule has 1 amide bonds. The van der Waals surface area contributed by atoms with Crippen molar-refractivity contribution in [3.05, 3.63) is 83.1 Å². The first-order chi connectivity index (χ1) is 17.8. The molecule has 3 aromatic rings. The number of amides is 1. The Morgan fingerprint density at radius 2 is 1.76 bits per heavy atom. The molecular weight excluding hydrogens is 539 g/mol. The van der Waals surface area contributed by atoms with E-state index in [4.69, 9.17) is 21.1 Å². The lowest BCUT2D eigenvalue weighted by atomic mass is 10.2. The van der Waals surface area contributed by atoms with Gasteiger partial charge >= 0.3 is 0 Å². The average molecular weight is 567 g/mol. The molecule has 0 saturated heterocycles. The molecule has 0 aliphatic heterocycles. The fraction of sp³-hybridized carbons (Fsp3) is 0.269. The second-order valence-corrected chi connectivity index (χ2v) is 11.2. The predicted octanol–water partition coefficient (Wildman–Crippen LogP) is 5.13. The summed E-state index contributed by atoms with van der Waals surface area (Å²) in [4.78, 5) is 12.6. The maximum Gasteiger partial charge on any atom is 0.264 e. The van der Waals surface area contributed by atoms with Crippen LogP contribution in [0.4, 0.5) is 10.1 Å². The number of methoxy groups -OCH3 is 2. The zero-order valence-electron chi connectivity index (χ0n) is 20.4. The fourth-order valence-corrected chi connectivity index (χ4v) is 5.94. The van der Waals surface area contributed by atoms with Crippen molar-refractivity contribution >= 4 is 45.0 Å². The van der Waals surface area contributed by atoms with Crippen molar-refractivity contribution in [2.24, 2.45) is 0 Å². The second-order valence-electron chi connectivity index (χ2n) is 7.87. The van der Waals surface area contributed by atoms with Crippen molar-refractivity contribution in [2.75, 3.05) is 37.4 Å². The molecule has 0 unspecified atom stereocenters. The van der Waals surface area contributed by atoms with Gasteiger partial charge in [0.05, 0.1) is 29.8 Å². The third kappa shape index (κ3) is 7.77. The van der Waals surface area contributed by atoms with Gasteiger partial charge in [-0.2, -0.15) is 11.8 Å². The van der Waals surface area contributed by atoms with Crippen molar-refractivity contribution in [3.63, 3.8) is 0 Å². The van der Waals surface area contributed by atoms with E-state index in [9.17, 15) is 17.6 Å². The third-order valence-electron chi connectivity index (χ3n) is 5.32. The van der Waals surface area contributed by atoms with E-state index in [-0.39, 0.29) is 21.4 Å². The van der Waals surface area contributed by atoms with Crippen molar-refractivity contribution in [1.82, 2.24) is 5.32 Å². The normalized spacial score (nSPS) is 11.1. The molecule has 3 aromatic carbocycles. The molecule has 0 spiro atoms. The Hall–Kier alpha value is -2.95. The summed E-state index contributed by atoms with van der Waals surface area (Å²) < 4.78 is 52.3. The number of anilines is 1. The standard InChI is InChI=1S/C26H28ClFN2O5S2/c1-34-24-12-10-21(16-25(24)35-2)37(32,33)30(20-9-11-23(28)22(27)15-20)17-26(31)29-13-6-14-36-18-19-7-4-3-5-8-19/h3-5,7-12,15-16H,6,13-14,17-18H2,1-2H3,(H,29,31). The van der Waals surface area contributed by atoms with E-state index in [0.717, 1.165) is 21.9 Å². The quantitative estimate of drug-likeness (QED) is 0.289. The molecule has 3 rings (SSSR count). The highest BCUT2D eigenvalue weighted by Crippen LogP contribution is 2.33. The van der Waals surface area contributed by atoms with Crippen LogP contribution in [0.2, 0.25) is 5.02 Å². The third-order valence-corrected chi connectivity index (χ3v) is 8.49. The van der Waals surface area contributed by atoms with Crippen LogP contribution >= 0.6 is 23.4 Å². The summed E-state index contributed by atoms with van der Waals surface area (Å²) in [5.41, 5.74) is 1.28. The van der Waals surface area contributed by atoms with Crippen molar-refractivity contribution < 1.29 is 27.1 Å². The number of carbonyl (C=O) groups is 1. The Bertz CT molecular complexity index is 1310. The Morgan fingerprint density at radius 3 is 2.43 bits per heavy atom. The molecule has 37 heavy (non-hydrogen) atoms. The average Bonchev–Trinajstić information content (AvgIpc) is 2.91. The minimum absolute atomic E-state index is 0.0507. The number of hydrogen-bond acceptors (Lipinski definition) is 6. The van der Waals surface area contributed by atoms with Crippen molar-refractivity contribution in [3.8, 4) is 11.5 Å². The van der Waals surface area contributed by atoms with Crippen LogP contribution in [0.5, 0.6) is 11.5 Å². The predicted molar refractivity (Wildman–Crippen MR) is 146 cm³/mol. The monoisotopic (exact) mass is 566 g/mol. The molecule has 0 saturated carbocycles. The fourth-order valence-electron chi connectivity index (χ4n) is 3.41. The number of rotatable bonds is 13. The van der Waals surface area contributed by atoms with E-state index >= 15 is 0 Å². The summed E-state index contributed by atoms with van der Waals surface area (Å²) in [6.45, 7) is -0.134. The second kappa shape index (κ2) is 13.6. The molecule has 0 aliphatic carbocycles. The van der Waals surface area contributed by atoms with Crippen molar-refractivity contribution in [2.45, 2.75) is 17.1 Å². The van der Waals surface area contributed by atoms with Gasteiger partial charge in [-0.15, -0.1) is 0 Å². The summed E-state index contributed by atoms with van der Waals surface area (Å²) >= 11 is 7.67. The maximum absolute atomic E-state index is 13.8. The smallest absolute Gasteiger partial charge is 0.264 e. The van der Waals surface area contributed by atoms with Crippen LogP contribution in [0.25, 0.3) is 0 Å². The zero-order chi connectivity index (χ0) is 26.8. The highest BCUT2D eigenvalue weighted by atomic mass is 35.5. The first kappa shape index (κ1) is 28.6. The van der Waals surface area contributed by atoms with Crippen LogP contribution in [0.1, 0.15) is 12.0 Å². The van der Waals surface area contributed by atoms with Crippen LogP contribution in [0.15, 0.2) is 71.6 Å². The number of benzene rings is 3. The molecule has 0 heterocycles. The summed E-state index contributed by atoms with van der Waals surface area (Å²) in [6.07, 6.45) is 0.716. The van der Waals surface area contributed by atoms with Gasteiger partial charge in [0.15, 0.2) is 11.5 Å². The molecular formula is C26H28ClFN2O5S2. The number of sulfonamides is 1. The van der Waals surface area contributed by atoms with Gasteiger partial charge < -0.3 is 14.8 Å². The molecule has 11 heteroatoms. The molecule has 0 aliphatic rings. The summed E-state index contributed by atoms with van der Waals surface area (Å²) in [5, 5.41) is 2.50. The van der Waals surface area contributed by atoms with Gasteiger partial charge in [-0.3, -0.25) is 9.10 Å². The Labute approximate surface area is 226 Å². The Kier molecular flexibility index (Phi) is 10.5. The van der Waals surface area contributed by atoms with E-state index in [1.807, 2.05) is 18.2 Å². The van der Waals surface area contributed by atoms with Crippen LogP contribution in [0.3, 0.4) is 0 Å². The summed E-state index contributed by atoms with van der Waals surface area (Å²) in [7, 11) is -1.43. The van der Waals surface area contributed by atoms with Crippen LogP contribution in [0, 0.1) is 5.82 Å². The van der Waals surface area contributed by atoms with Crippen molar-refractivity contribution in [1.29, 1.82) is 0 Å². The number of ether oxygens (including phenoxy) is 2.